The number of rotatable bonds is 7. The van der Waals surface area contributed by atoms with Gasteiger partial charge in [0.2, 0.25) is 0 Å². The first-order chi connectivity index (χ1) is 9.49. The minimum Gasteiger partial charge on any atom is -0.496 e. The zero-order valence-corrected chi connectivity index (χ0v) is 13.3. The predicted octanol–water partition coefficient (Wildman–Crippen LogP) is 2.42. The van der Waals surface area contributed by atoms with Crippen LogP contribution in [0.5, 0.6) is 5.75 Å². The third kappa shape index (κ3) is 4.53. The van der Waals surface area contributed by atoms with Gasteiger partial charge in [-0.05, 0) is 39.1 Å². The lowest BCUT2D eigenvalue weighted by Gasteiger charge is -2.22. The van der Waals surface area contributed by atoms with Crippen LogP contribution < -0.4 is 4.74 Å². The van der Waals surface area contributed by atoms with Gasteiger partial charge < -0.3 is 14.5 Å². The zero-order chi connectivity index (χ0) is 15.1. The van der Waals surface area contributed by atoms with Crippen LogP contribution in [0.4, 0.5) is 0 Å². The van der Waals surface area contributed by atoms with Crippen molar-refractivity contribution in [2.45, 2.75) is 20.3 Å². The Morgan fingerprint density at radius 1 is 1.20 bits per heavy atom. The molecule has 0 aliphatic carbocycles. The van der Waals surface area contributed by atoms with E-state index < -0.39 is 0 Å². The van der Waals surface area contributed by atoms with Gasteiger partial charge in [0.1, 0.15) is 5.75 Å². The Bertz CT molecular complexity index is 446. The second-order valence-electron chi connectivity index (χ2n) is 5.23. The number of hydrogen-bond donors (Lipinski definition) is 0. The summed E-state index contributed by atoms with van der Waals surface area (Å²) in [5.41, 5.74) is 1.69. The molecule has 0 atom stereocenters. The fourth-order valence-corrected chi connectivity index (χ4v) is 2.11. The molecular weight excluding hydrogens is 252 g/mol. The molecule has 0 radical (unpaired) electrons. The molecule has 1 amide bonds. The Hall–Kier alpha value is -1.55. The molecule has 0 bridgehead atoms. The quantitative estimate of drug-likeness (QED) is 0.768. The number of methoxy groups -OCH3 is 1. The van der Waals surface area contributed by atoms with Gasteiger partial charge in [-0.2, -0.15) is 0 Å². The average molecular weight is 278 g/mol. The molecule has 1 rings (SSSR count). The van der Waals surface area contributed by atoms with Crippen molar-refractivity contribution in [3.8, 4) is 5.75 Å². The van der Waals surface area contributed by atoms with E-state index in [2.05, 4.69) is 18.9 Å². The van der Waals surface area contributed by atoms with E-state index in [0.29, 0.717) is 17.9 Å². The fraction of sp³-hybridized carbons (Fsp3) is 0.562. The van der Waals surface area contributed by atoms with Crippen molar-refractivity contribution in [2.24, 2.45) is 0 Å². The number of benzene rings is 1. The van der Waals surface area contributed by atoms with E-state index in [0.717, 1.165) is 25.1 Å². The molecule has 0 aromatic heterocycles. The molecule has 0 spiro atoms. The van der Waals surface area contributed by atoms with Crippen LogP contribution in [-0.2, 0) is 0 Å². The summed E-state index contributed by atoms with van der Waals surface area (Å²) in [5.74, 6) is 0.643. The van der Waals surface area contributed by atoms with E-state index in [9.17, 15) is 4.79 Å². The molecule has 4 nitrogen and oxygen atoms in total. The van der Waals surface area contributed by atoms with E-state index in [4.69, 9.17) is 4.74 Å². The van der Waals surface area contributed by atoms with Gasteiger partial charge in [-0.25, -0.2) is 0 Å². The van der Waals surface area contributed by atoms with Crippen LogP contribution in [0.15, 0.2) is 18.2 Å². The van der Waals surface area contributed by atoms with Gasteiger partial charge in [0, 0.05) is 20.1 Å². The summed E-state index contributed by atoms with van der Waals surface area (Å²) in [7, 11) is 5.51. The average Bonchev–Trinajstić information content (AvgIpc) is 2.44. The highest BCUT2D eigenvalue weighted by atomic mass is 16.5. The van der Waals surface area contributed by atoms with Crippen LogP contribution >= 0.6 is 0 Å². The standard InChI is InChI=1S/C16H26N2O2/c1-6-9-17(3)10-11-18(4)16(19)14-12-13(2)7-8-15(14)20-5/h7-8,12H,6,9-11H2,1-5H3. The maximum Gasteiger partial charge on any atom is 0.257 e. The number of hydrogen-bond acceptors (Lipinski definition) is 3. The molecule has 4 heteroatoms. The lowest BCUT2D eigenvalue weighted by Crippen LogP contribution is -2.35. The van der Waals surface area contributed by atoms with Gasteiger partial charge in [-0.3, -0.25) is 4.79 Å². The van der Waals surface area contributed by atoms with E-state index in [1.54, 1.807) is 12.0 Å². The van der Waals surface area contributed by atoms with Crippen molar-refractivity contribution in [1.82, 2.24) is 9.80 Å². The summed E-state index contributed by atoms with van der Waals surface area (Å²) in [4.78, 5) is 16.5. The number of aryl methyl sites for hydroxylation is 1. The van der Waals surface area contributed by atoms with E-state index in [-0.39, 0.29) is 5.91 Å². The molecule has 0 unspecified atom stereocenters. The Labute approximate surface area is 122 Å². The van der Waals surface area contributed by atoms with Crippen molar-refractivity contribution in [3.63, 3.8) is 0 Å². The first-order valence-electron chi connectivity index (χ1n) is 7.08. The molecule has 0 saturated carbocycles. The van der Waals surface area contributed by atoms with Crippen molar-refractivity contribution in [3.05, 3.63) is 29.3 Å². The maximum absolute atomic E-state index is 12.5. The molecule has 1 aromatic rings. The summed E-state index contributed by atoms with van der Waals surface area (Å²) in [6.07, 6.45) is 1.12. The van der Waals surface area contributed by atoms with Crippen molar-refractivity contribution in [2.75, 3.05) is 40.8 Å². The number of ether oxygens (including phenoxy) is 1. The highest BCUT2D eigenvalue weighted by Crippen LogP contribution is 2.20. The number of amides is 1. The SMILES string of the molecule is CCCN(C)CCN(C)C(=O)c1cc(C)ccc1OC. The smallest absolute Gasteiger partial charge is 0.257 e. The first-order valence-corrected chi connectivity index (χ1v) is 7.08. The van der Waals surface area contributed by atoms with E-state index in [1.807, 2.05) is 32.2 Å². The Morgan fingerprint density at radius 2 is 1.90 bits per heavy atom. The zero-order valence-electron chi connectivity index (χ0n) is 13.3. The number of carbonyl (C=O) groups excluding carboxylic acids is 1. The third-order valence-electron chi connectivity index (χ3n) is 3.35. The van der Waals surface area contributed by atoms with Gasteiger partial charge in [-0.1, -0.05) is 18.6 Å². The summed E-state index contributed by atoms with van der Waals surface area (Å²) in [6.45, 7) is 6.78. The minimum atomic E-state index is 0.00967. The summed E-state index contributed by atoms with van der Waals surface area (Å²) in [6, 6.07) is 5.68. The largest absolute Gasteiger partial charge is 0.496 e. The predicted molar refractivity (Wildman–Crippen MR) is 82.5 cm³/mol. The monoisotopic (exact) mass is 278 g/mol. The summed E-state index contributed by atoms with van der Waals surface area (Å²) >= 11 is 0. The summed E-state index contributed by atoms with van der Waals surface area (Å²) < 4.78 is 5.28. The second-order valence-corrected chi connectivity index (χ2v) is 5.23. The number of carbonyl (C=O) groups is 1. The third-order valence-corrected chi connectivity index (χ3v) is 3.35. The molecule has 0 heterocycles. The van der Waals surface area contributed by atoms with Crippen LogP contribution in [0.1, 0.15) is 29.3 Å². The van der Waals surface area contributed by atoms with Crippen LogP contribution in [0.2, 0.25) is 0 Å². The topological polar surface area (TPSA) is 32.8 Å². The molecule has 20 heavy (non-hydrogen) atoms. The Morgan fingerprint density at radius 3 is 2.50 bits per heavy atom. The molecule has 0 saturated heterocycles. The Balaban J connectivity index is 2.71. The van der Waals surface area contributed by atoms with Crippen molar-refractivity contribution in [1.29, 1.82) is 0 Å². The first kappa shape index (κ1) is 16.5. The highest BCUT2D eigenvalue weighted by Gasteiger charge is 2.16. The molecule has 0 N–H and O–H groups in total. The Kier molecular flexibility index (Phi) is 6.52. The van der Waals surface area contributed by atoms with Gasteiger partial charge in [0.15, 0.2) is 0 Å². The maximum atomic E-state index is 12.5. The second kappa shape index (κ2) is 7.90. The lowest BCUT2D eigenvalue weighted by molar-refractivity contribution is 0.0779. The molecule has 1 aromatic carbocycles. The van der Waals surface area contributed by atoms with Gasteiger partial charge >= 0.3 is 0 Å². The summed E-state index contributed by atoms with van der Waals surface area (Å²) in [5, 5.41) is 0. The lowest BCUT2D eigenvalue weighted by atomic mass is 10.1. The van der Waals surface area contributed by atoms with Crippen LogP contribution in [-0.4, -0.2) is 56.5 Å². The van der Waals surface area contributed by atoms with Crippen molar-refractivity contribution < 1.29 is 9.53 Å². The van der Waals surface area contributed by atoms with E-state index in [1.165, 1.54) is 0 Å². The minimum absolute atomic E-state index is 0.00967. The van der Waals surface area contributed by atoms with Crippen molar-refractivity contribution >= 4 is 5.91 Å². The van der Waals surface area contributed by atoms with E-state index >= 15 is 0 Å². The normalized spacial score (nSPS) is 10.7. The van der Waals surface area contributed by atoms with Crippen LogP contribution in [0.3, 0.4) is 0 Å². The molecule has 0 aliphatic heterocycles. The molecule has 0 fully saturated rings. The van der Waals surface area contributed by atoms with Crippen LogP contribution in [0.25, 0.3) is 0 Å². The molecule has 112 valence electrons. The van der Waals surface area contributed by atoms with Gasteiger partial charge in [0.25, 0.3) is 5.91 Å². The molecular formula is C16H26N2O2. The molecule has 0 aliphatic rings. The van der Waals surface area contributed by atoms with Gasteiger partial charge in [-0.15, -0.1) is 0 Å². The van der Waals surface area contributed by atoms with Crippen LogP contribution in [0, 0.1) is 6.92 Å². The highest BCUT2D eigenvalue weighted by molar-refractivity contribution is 5.97. The number of likely N-dealkylation sites (N-methyl/N-ethyl adjacent to an activating group) is 2. The van der Waals surface area contributed by atoms with Gasteiger partial charge in [0.05, 0.1) is 12.7 Å². The fourth-order valence-electron chi connectivity index (χ4n) is 2.11. The number of nitrogens with zero attached hydrogens (tertiary/aromatic N) is 2.